The number of nitrogens with one attached hydrogen (secondary N) is 1. The molecular weight excluding hydrogens is 296 g/mol. The van der Waals surface area contributed by atoms with Crippen molar-refractivity contribution in [3.8, 4) is 5.88 Å². The first-order chi connectivity index (χ1) is 8.70. The molecule has 0 aromatic carbocycles. The fourth-order valence-corrected chi connectivity index (χ4v) is 1.95. The summed E-state index contributed by atoms with van der Waals surface area (Å²) in [7, 11) is 1.59. The predicted octanol–water partition coefficient (Wildman–Crippen LogP) is 2.44. The molecule has 0 amide bonds. The van der Waals surface area contributed by atoms with Gasteiger partial charge in [0.25, 0.3) is 0 Å². The lowest BCUT2D eigenvalue weighted by molar-refractivity contribution is 0.397. The highest BCUT2D eigenvalue weighted by Gasteiger charge is 2.04. The van der Waals surface area contributed by atoms with Crippen molar-refractivity contribution >= 4 is 27.3 Å². The number of pyridine rings is 2. The molecule has 0 saturated heterocycles. The van der Waals surface area contributed by atoms with Crippen molar-refractivity contribution < 1.29 is 4.74 Å². The maximum atomic E-state index is 5.84. The van der Waals surface area contributed by atoms with Gasteiger partial charge in [0, 0.05) is 25.0 Å². The molecule has 0 fully saturated rings. The lowest BCUT2D eigenvalue weighted by Crippen LogP contribution is -2.04. The molecule has 0 aliphatic heterocycles. The monoisotopic (exact) mass is 308 g/mol. The Morgan fingerprint density at radius 2 is 2.17 bits per heavy atom. The smallest absolute Gasteiger partial charge is 0.212 e. The second-order valence-corrected chi connectivity index (χ2v) is 4.50. The number of anilines is 2. The van der Waals surface area contributed by atoms with E-state index in [0.29, 0.717) is 18.1 Å². The van der Waals surface area contributed by atoms with Crippen LogP contribution in [0.3, 0.4) is 0 Å². The first kappa shape index (κ1) is 12.6. The van der Waals surface area contributed by atoms with Crippen molar-refractivity contribution in [2.24, 2.45) is 0 Å². The van der Waals surface area contributed by atoms with Crippen LogP contribution in [0.25, 0.3) is 0 Å². The van der Waals surface area contributed by atoms with Crippen LogP contribution in [0.2, 0.25) is 0 Å². The second kappa shape index (κ2) is 5.68. The number of hydrogen-bond donors (Lipinski definition) is 2. The molecule has 2 aromatic rings. The number of nitrogens with zero attached hydrogens (tertiary/aromatic N) is 2. The van der Waals surface area contributed by atoms with Crippen molar-refractivity contribution in [2.75, 3.05) is 18.2 Å². The van der Waals surface area contributed by atoms with E-state index in [2.05, 4.69) is 31.2 Å². The first-order valence-electron chi connectivity index (χ1n) is 5.32. The van der Waals surface area contributed by atoms with Crippen LogP contribution in [-0.4, -0.2) is 17.1 Å². The van der Waals surface area contributed by atoms with Gasteiger partial charge < -0.3 is 15.8 Å². The van der Waals surface area contributed by atoms with Crippen molar-refractivity contribution in [3.63, 3.8) is 0 Å². The Morgan fingerprint density at radius 1 is 1.33 bits per heavy atom. The molecule has 18 heavy (non-hydrogen) atoms. The minimum atomic E-state index is 0.600. The first-order valence-corrected chi connectivity index (χ1v) is 6.12. The van der Waals surface area contributed by atoms with Gasteiger partial charge in [0.15, 0.2) is 0 Å². The molecular formula is C12H13BrN4O. The number of nitrogen functional groups attached to an aromatic ring is 1. The maximum absolute atomic E-state index is 5.84. The van der Waals surface area contributed by atoms with Crippen LogP contribution in [-0.2, 0) is 6.54 Å². The van der Waals surface area contributed by atoms with Gasteiger partial charge in [-0.1, -0.05) is 6.07 Å². The third-order valence-corrected chi connectivity index (χ3v) is 3.01. The molecule has 0 saturated carbocycles. The van der Waals surface area contributed by atoms with Gasteiger partial charge in [-0.15, -0.1) is 0 Å². The van der Waals surface area contributed by atoms with Crippen LogP contribution in [0.15, 0.2) is 35.2 Å². The standard InChI is InChI=1S/C12H13BrN4O/c1-18-11-3-2-8(4-16-11)5-17-12-9(13)6-15-7-10(12)14/h2-4,6-7H,5,14H2,1H3,(H,15,17). The Bertz CT molecular complexity index is 510. The van der Waals surface area contributed by atoms with Gasteiger partial charge in [-0.3, -0.25) is 4.98 Å². The van der Waals surface area contributed by atoms with Crippen LogP contribution in [0, 0.1) is 0 Å². The van der Waals surface area contributed by atoms with Gasteiger partial charge in [-0.05, 0) is 21.5 Å². The number of hydrogen-bond acceptors (Lipinski definition) is 5. The third-order valence-electron chi connectivity index (χ3n) is 2.41. The molecule has 2 aromatic heterocycles. The third kappa shape index (κ3) is 2.89. The molecule has 6 heteroatoms. The molecule has 0 unspecified atom stereocenters. The van der Waals surface area contributed by atoms with Gasteiger partial charge in [0.1, 0.15) is 0 Å². The summed E-state index contributed by atoms with van der Waals surface area (Å²) >= 11 is 3.40. The summed E-state index contributed by atoms with van der Waals surface area (Å²) in [5.41, 5.74) is 8.32. The molecule has 5 nitrogen and oxygen atoms in total. The van der Waals surface area contributed by atoms with Crippen LogP contribution in [0.4, 0.5) is 11.4 Å². The highest BCUT2D eigenvalue weighted by molar-refractivity contribution is 9.10. The lowest BCUT2D eigenvalue weighted by Gasteiger charge is -2.10. The Hall–Kier alpha value is -1.82. The van der Waals surface area contributed by atoms with E-state index in [9.17, 15) is 0 Å². The second-order valence-electron chi connectivity index (χ2n) is 3.65. The molecule has 3 N–H and O–H groups in total. The van der Waals surface area contributed by atoms with Crippen LogP contribution < -0.4 is 15.8 Å². The number of methoxy groups -OCH3 is 1. The Balaban J connectivity index is 2.06. The minimum Gasteiger partial charge on any atom is -0.481 e. The fraction of sp³-hybridized carbons (Fsp3) is 0.167. The molecule has 0 aliphatic rings. The maximum Gasteiger partial charge on any atom is 0.212 e. The highest BCUT2D eigenvalue weighted by atomic mass is 79.9. The molecule has 0 bridgehead atoms. The average molecular weight is 309 g/mol. The molecule has 0 aliphatic carbocycles. The summed E-state index contributed by atoms with van der Waals surface area (Å²) < 4.78 is 5.84. The Morgan fingerprint density at radius 3 is 2.78 bits per heavy atom. The molecule has 0 atom stereocenters. The van der Waals surface area contributed by atoms with E-state index in [1.165, 1.54) is 0 Å². The number of ether oxygens (including phenoxy) is 1. The van der Waals surface area contributed by atoms with E-state index >= 15 is 0 Å². The number of nitrogens with two attached hydrogens (primary N) is 1. The van der Waals surface area contributed by atoms with Crippen molar-refractivity contribution in [1.29, 1.82) is 0 Å². The minimum absolute atomic E-state index is 0.600. The highest BCUT2D eigenvalue weighted by Crippen LogP contribution is 2.27. The van der Waals surface area contributed by atoms with E-state index in [1.54, 1.807) is 25.7 Å². The van der Waals surface area contributed by atoms with Gasteiger partial charge in [-0.25, -0.2) is 4.98 Å². The van der Waals surface area contributed by atoms with E-state index in [1.807, 2.05) is 12.1 Å². The molecule has 2 rings (SSSR count). The van der Waals surface area contributed by atoms with E-state index < -0.39 is 0 Å². The molecule has 94 valence electrons. The predicted molar refractivity (Wildman–Crippen MR) is 74.5 cm³/mol. The van der Waals surface area contributed by atoms with E-state index in [-0.39, 0.29) is 0 Å². The lowest BCUT2D eigenvalue weighted by atomic mass is 10.2. The topological polar surface area (TPSA) is 73.1 Å². The SMILES string of the molecule is COc1ccc(CNc2c(N)cncc2Br)cn1. The largest absolute Gasteiger partial charge is 0.481 e. The summed E-state index contributed by atoms with van der Waals surface area (Å²) in [6.07, 6.45) is 5.07. The Labute approximate surface area is 114 Å². The molecule has 0 spiro atoms. The summed E-state index contributed by atoms with van der Waals surface area (Å²) in [5.74, 6) is 0.600. The summed E-state index contributed by atoms with van der Waals surface area (Å²) in [6, 6.07) is 3.77. The van der Waals surface area contributed by atoms with Crippen molar-refractivity contribution in [2.45, 2.75) is 6.54 Å². The summed E-state index contributed by atoms with van der Waals surface area (Å²) in [5, 5.41) is 3.24. The van der Waals surface area contributed by atoms with Gasteiger partial charge in [0.05, 0.1) is 29.2 Å². The summed E-state index contributed by atoms with van der Waals surface area (Å²) in [4.78, 5) is 8.12. The van der Waals surface area contributed by atoms with Crippen molar-refractivity contribution in [3.05, 3.63) is 40.8 Å². The van der Waals surface area contributed by atoms with Gasteiger partial charge in [0.2, 0.25) is 5.88 Å². The van der Waals surface area contributed by atoms with E-state index in [0.717, 1.165) is 15.7 Å². The van der Waals surface area contributed by atoms with Crippen molar-refractivity contribution in [1.82, 2.24) is 9.97 Å². The van der Waals surface area contributed by atoms with Crippen LogP contribution >= 0.6 is 15.9 Å². The molecule has 2 heterocycles. The normalized spacial score (nSPS) is 10.1. The van der Waals surface area contributed by atoms with E-state index in [4.69, 9.17) is 10.5 Å². The Kier molecular flexibility index (Phi) is 3.99. The number of halogens is 1. The van der Waals surface area contributed by atoms with Crippen LogP contribution in [0.5, 0.6) is 5.88 Å². The fourth-order valence-electron chi connectivity index (χ4n) is 1.46. The number of aromatic nitrogens is 2. The zero-order valence-corrected chi connectivity index (χ0v) is 11.4. The molecule has 0 radical (unpaired) electrons. The van der Waals surface area contributed by atoms with Gasteiger partial charge in [-0.2, -0.15) is 0 Å². The van der Waals surface area contributed by atoms with Gasteiger partial charge >= 0.3 is 0 Å². The zero-order chi connectivity index (χ0) is 13.0. The van der Waals surface area contributed by atoms with Crippen LogP contribution in [0.1, 0.15) is 5.56 Å². The average Bonchev–Trinajstić information content (AvgIpc) is 2.39. The summed E-state index contributed by atoms with van der Waals surface area (Å²) in [6.45, 7) is 0.629. The quantitative estimate of drug-likeness (QED) is 0.907. The zero-order valence-electron chi connectivity index (χ0n) is 9.85. The number of rotatable bonds is 4.